The number of hydrogen-bond donors (Lipinski definition) is 1. The van der Waals surface area contributed by atoms with Crippen LogP contribution in [0.4, 0.5) is 0 Å². The Labute approximate surface area is 188 Å². The molecule has 0 aliphatic heterocycles. The number of tetrazole rings is 1. The molecule has 31 heavy (non-hydrogen) atoms. The molecule has 0 radical (unpaired) electrons. The van der Waals surface area contributed by atoms with Crippen LogP contribution < -0.4 is 10.1 Å². The Morgan fingerprint density at radius 2 is 2.03 bits per heavy atom. The number of nitrogens with one attached hydrogen (secondary N) is 1. The minimum Gasteiger partial charge on any atom is -0.494 e. The van der Waals surface area contributed by atoms with Gasteiger partial charge < -0.3 is 10.1 Å². The van der Waals surface area contributed by atoms with Gasteiger partial charge in [-0.25, -0.2) is 0 Å². The molecule has 0 spiro atoms. The number of methoxy groups -OCH3 is 1. The van der Waals surface area contributed by atoms with Gasteiger partial charge in [-0.05, 0) is 52.1 Å². The third-order valence-corrected chi connectivity index (χ3v) is 6.46. The number of benzene rings is 2. The molecule has 0 saturated carbocycles. The summed E-state index contributed by atoms with van der Waals surface area (Å²) >= 11 is 2.90. The zero-order valence-corrected chi connectivity index (χ0v) is 18.7. The van der Waals surface area contributed by atoms with E-state index in [1.807, 2.05) is 73.0 Å². The Bertz CT molecular complexity index is 1150. The van der Waals surface area contributed by atoms with E-state index in [1.54, 1.807) is 23.1 Å². The molecule has 1 atom stereocenters. The van der Waals surface area contributed by atoms with E-state index in [4.69, 9.17) is 4.74 Å². The summed E-state index contributed by atoms with van der Waals surface area (Å²) in [6.45, 7) is 1.99. The molecule has 0 fully saturated rings. The molecule has 7 nitrogen and oxygen atoms in total. The summed E-state index contributed by atoms with van der Waals surface area (Å²) < 4.78 is 7.04. The van der Waals surface area contributed by atoms with Gasteiger partial charge in [-0.2, -0.15) is 4.68 Å². The lowest BCUT2D eigenvalue weighted by molar-refractivity contribution is -0.119. The topological polar surface area (TPSA) is 81.9 Å². The standard InChI is InChI=1S/C22H21N5O2S2/c1-15-10-11-18(29-2)17(13-15)27-22(24-25-26-27)31-14-20(28)23-21(19-9-6-12-30-19)16-7-4-3-5-8-16/h3-13,21H,14H2,1-2H3,(H,23,28)/t21-/m1/s1. The van der Waals surface area contributed by atoms with Gasteiger partial charge in [-0.15, -0.1) is 16.4 Å². The lowest BCUT2D eigenvalue weighted by atomic mass is 10.1. The summed E-state index contributed by atoms with van der Waals surface area (Å²) in [6.07, 6.45) is 0. The fourth-order valence-electron chi connectivity index (χ4n) is 3.14. The third-order valence-electron chi connectivity index (χ3n) is 4.60. The first-order valence-electron chi connectivity index (χ1n) is 9.59. The number of carbonyl (C=O) groups is 1. The second-order valence-corrected chi connectivity index (χ2v) is 8.69. The third kappa shape index (κ3) is 4.95. The largest absolute Gasteiger partial charge is 0.494 e. The predicted molar refractivity (Wildman–Crippen MR) is 122 cm³/mol. The monoisotopic (exact) mass is 451 g/mol. The molecular weight excluding hydrogens is 430 g/mol. The summed E-state index contributed by atoms with van der Waals surface area (Å²) in [5.41, 5.74) is 2.83. The number of amides is 1. The molecule has 1 amide bonds. The number of carbonyl (C=O) groups excluding carboxylic acids is 1. The fourth-order valence-corrected chi connectivity index (χ4v) is 4.64. The van der Waals surface area contributed by atoms with Crippen molar-refractivity contribution in [2.45, 2.75) is 18.1 Å². The molecule has 2 aromatic carbocycles. The zero-order chi connectivity index (χ0) is 21.6. The van der Waals surface area contributed by atoms with Crippen LogP contribution in [0.1, 0.15) is 22.0 Å². The average molecular weight is 452 g/mol. The molecule has 4 rings (SSSR count). The lowest BCUT2D eigenvalue weighted by Gasteiger charge is -2.18. The number of ether oxygens (including phenoxy) is 1. The normalized spacial score (nSPS) is 11.8. The zero-order valence-electron chi connectivity index (χ0n) is 17.1. The molecular formula is C22H21N5O2S2. The second-order valence-electron chi connectivity index (χ2n) is 6.76. The van der Waals surface area contributed by atoms with Crippen LogP contribution in [0.25, 0.3) is 5.69 Å². The smallest absolute Gasteiger partial charge is 0.231 e. The molecule has 4 aromatic rings. The van der Waals surface area contributed by atoms with Crippen LogP contribution in [0.3, 0.4) is 0 Å². The number of thioether (sulfide) groups is 1. The van der Waals surface area contributed by atoms with Crippen molar-refractivity contribution in [3.05, 3.63) is 82.0 Å². The van der Waals surface area contributed by atoms with Crippen molar-refractivity contribution >= 4 is 29.0 Å². The molecule has 0 aliphatic rings. The van der Waals surface area contributed by atoms with E-state index in [0.29, 0.717) is 10.9 Å². The van der Waals surface area contributed by atoms with E-state index in [1.165, 1.54) is 11.8 Å². The fraction of sp³-hybridized carbons (Fsp3) is 0.182. The number of nitrogens with zero attached hydrogens (tertiary/aromatic N) is 4. The van der Waals surface area contributed by atoms with E-state index >= 15 is 0 Å². The van der Waals surface area contributed by atoms with Crippen molar-refractivity contribution in [1.29, 1.82) is 0 Å². The van der Waals surface area contributed by atoms with Crippen LogP contribution in [0.2, 0.25) is 0 Å². The van der Waals surface area contributed by atoms with E-state index < -0.39 is 0 Å². The van der Waals surface area contributed by atoms with Gasteiger partial charge in [0.1, 0.15) is 11.4 Å². The number of thiophene rings is 1. The molecule has 0 unspecified atom stereocenters. The Kier molecular flexibility index (Phi) is 6.63. The maximum atomic E-state index is 12.8. The van der Waals surface area contributed by atoms with Crippen LogP contribution in [-0.2, 0) is 4.79 Å². The quantitative estimate of drug-likeness (QED) is 0.407. The summed E-state index contributed by atoms with van der Waals surface area (Å²) in [6, 6.07) is 19.5. The second kappa shape index (κ2) is 9.76. The van der Waals surface area contributed by atoms with Crippen LogP contribution in [-0.4, -0.2) is 39.0 Å². The molecule has 0 saturated heterocycles. The van der Waals surface area contributed by atoms with Crippen LogP contribution in [0.15, 0.2) is 71.2 Å². The van der Waals surface area contributed by atoms with Gasteiger partial charge in [-0.1, -0.05) is 54.2 Å². The first kappa shape index (κ1) is 21.1. The Balaban J connectivity index is 1.49. The van der Waals surface area contributed by atoms with Crippen molar-refractivity contribution in [1.82, 2.24) is 25.5 Å². The molecule has 9 heteroatoms. The Morgan fingerprint density at radius 3 is 2.77 bits per heavy atom. The summed E-state index contributed by atoms with van der Waals surface area (Å²) in [4.78, 5) is 13.9. The van der Waals surface area contributed by atoms with Crippen molar-refractivity contribution in [3.8, 4) is 11.4 Å². The van der Waals surface area contributed by atoms with Gasteiger partial charge in [0.25, 0.3) is 0 Å². The highest BCUT2D eigenvalue weighted by molar-refractivity contribution is 7.99. The van der Waals surface area contributed by atoms with Gasteiger partial charge in [0.15, 0.2) is 0 Å². The van der Waals surface area contributed by atoms with Gasteiger partial charge in [0.2, 0.25) is 11.1 Å². The van der Waals surface area contributed by atoms with Crippen molar-refractivity contribution in [2.24, 2.45) is 0 Å². The van der Waals surface area contributed by atoms with E-state index in [2.05, 4.69) is 20.8 Å². The molecule has 0 bridgehead atoms. The Morgan fingerprint density at radius 1 is 1.19 bits per heavy atom. The van der Waals surface area contributed by atoms with Gasteiger partial charge in [0, 0.05) is 4.88 Å². The van der Waals surface area contributed by atoms with E-state index in [-0.39, 0.29) is 17.7 Å². The van der Waals surface area contributed by atoms with Crippen molar-refractivity contribution < 1.29 is 9.53 Å². The van der Waals surface area contributed by atoms with Gasteiger partial charge in [0.05, 0.1) is 18.9 Å². The van der Waals surface area contributed by atoms with Crippen LogP contribution >= 0.6 is 23.1 Å². The lowest BCUT2D eigenvalue weighted by Crippen LogP contribution is -2.30. The molecule has 0 aliphatic carbocycles. The summed E-state index contributed by atoms with van der Waals surface area (Å²) in [5.74, 6) is 0.743. The highest BCUT2D eigenvalue weighted by atomic mass is 32.2. The SMILES string of the molecule is COc1ccc(C)cc1-n1nnnc1SCC(=O)N[C@H](c1ccccc1)c1cccs1. The highest BCUT2D eigenvalue weighted by Crippen LogP contribution is 2.28. The Hall–Kier alpha value is -3.17. The maximum absolute atomic E-state index is 12.8. The van der Waals surface area contributed by atoms with Gasteiger partial charge in [-0.3, -0.25) is 4.79 Å². The average Bonchev–Trinajstić information content (AvgIpc) is 3.49. The van der Waals surface area contributed by atoms with Gasteiger partial charge >= 0.3 is 0 Å². The molecule has 1 N–H and O–H groups in total. The molecule has 158 valence electrons. The van der Waals surface area contributed by atoms with Crippen LogP contribution in [0, 0.1) is 6.92 Å². The van der Waals surface area contributed by atoms with Crippen LogP contribution in [0.5, 0.6) is 5.75 Å². The van der Waals surface area contributed by atoms with Crippen molar-refractivity contribution in [3.63, 3.8) is 0 Å². The number of aromatic nitrogens is 4. The number of aryl methyl sites for hydroxylation is 1. The molecule has 2 aromatic heterocycles. The summed E-state index contributed by atoms with van der Waals surface area (Å²) in [7, 11) is 1.60. The van der Waals surface area contributed by atoms with Crippen molar-refractivity contribution in [2.75, 3.05) is 12.9 Å². The minimum atomic E-state index is -0.192. The number of rotatable bonds is 8. The predicted octanol–water partition coefficient (Wildman–Crippen LogP) is 4.04. The minimum absolute atomic E-state index is 0.0991. The first-order chi connectivity index (χ1) is 15.2. The highest BCUT2D eigenvalue weighted by Gasteiger charge is 2.19. The maximum Gasteiger partial charge on any atom is 0.231 e. The first-order valence-corrected chi connectivity index (χ1v) is 11.5. The van der Waals surface area contributed by atoms with E-state index in [0.717, 1.165) is 21.7 Å². The number of hydrogen-bond acceptors (Lipinski definition) is 7. The van der Waals surface area contributed by atoms with E-state index in [9.17, 15) is 4.79 Å². The molecule has 2 heterocycles. The summed E-state index contributed by atoms with van der Waals surface area (Å²) in [5, 5.41) is 17.6.